The number of ether oxygens (including phenoxy) is 1. The van der Waals surface area contributed by atoms with E-state index in [2.05, 4.69) is 45.1 Å². The largest absolute Gasteiger partial charge is 0.493 e. The lowest BCUT2D eigenvalue weighted by atomic mass is 10.0. The molecule has 2 unspecified atom stereocenters. The van der Waals surface area contributed by atoms with Crippen molar-refractivity contribution in [3.63, 3.8) is 0 Å². The molecule has 1 aromatic rings. The van der Waals surface area contributed by atoms with E-state index in [-0.39, 0.29) is 0 Å². The first kappa shape index (κ1) is 12.8. The molecule has 1 fully saturated rings. The summed E-state index contributed by atoms with van der Waals surface area (Å²) < 4.78 is 6.85. The monoisotopic (exact) mass is 327 g/mol. The molecule has 0 saturated carbocycles. The maximum Gasteiger partial charge on any atom is 0.124 e. The van der Waals surface area contributed by atoms with Crippen LogP contribution in [-0.4, -0.2) is 24.2 Å². The van der Waals surface area contributed by atoms with Gasteiger partial charge in [0.05, 0.1) is 6.61 Å². The van der Waals surface area contributed by atoms with Gasteiger partial charge >= 0.3 is 0 Å². The summed E-state index contributed by atoms with van der Waals surface area (Å²) in [6.45, 7) is 1.95. The van der Waals surface area contributed by atoms with E-state index in [1.165, 1.54) is 24.2 Å². The van der Waals surface area contributed by atoms with Gasteiger partial charge in [0, 0.05) is 34.3 Å². The zero-order valence-corrected chi connectivity index (χ0v) is 12.7. The van der Waals surface area contributed by atoms with Gasteiger partial charge in [-0.05, 0) is 36.8 Å². The number of hydrogen-bond acceptors (Lipinski definition) is 3. The predicted molar refractivity (Wildman–Crippen MR) is 80.5 cm³/mol. The van der Waals surface area contributed by atoms with E-state index in [1.54, 1.807) is 0 Å². The van der Waals surface area contributed by atoms with Crippen LogP contribution in [0.2, 0.25) is 0 Å². The number of rotatable bonds is 3. The fraction of sp³-hybridized carbons (Fsp3) is 0.571. The first-order chi connectivity index (χ1) is 8.83. The molecule has 1 N–H and O–H groups in total. The third-order valence-corrected chi connectivity index (χ3v) is 5.52. The lowest BCUT2D eigenvalue weighted by Gasteiger charge is -2.28. The summed E-state index contributed by atoms with van der Waals surface area (Å²) in [5.41, 5.74) is 1.30. The summed E-state index contributed by atoms with van der Waals surface area (Å²) in [7, 11) is 0. The lowest BCUT2D eigenvalue weighted by Crippen LogP contribution is -2.31. The van der Waals surface area contributed by atoms with Crippen LogP contribution in [0.3, 0.4) is 0 Å². The van der Waals surface area contributed by atoms with Gasteiger partial charge in [-0.2, -0.15) is 11.8 Å². The van der Waals surface area contributed by atoms with Crippen LogP contribution in [0.4, 0.5) is 0 Å². The second-order valence-corrected chi connectivity index (χ2v) is 7.24. The number of hydrogen-bond donors (Lipinski definition) is 1. The molecule has 2 nitrogen and oxygen atoms in total. The minimum absolute atomic E-state index is 0.451. The Labute approximate surface area is 121 Å². The van der Waals surface area contributed by atoms with Crippen LogP contribution in [-0.2, 0) is 0 Å². The summed E-state index contributed by atoms with van der Waals surface area (Å²) in [6.07, 6.45) is 3.82. The maximum absolute atomic E-state index is 5.71. The zero-order chi connectivity index (χ0) is 12.4. The third-order valence-electron chi connectivity index (χ3n) is 3.63. The molecule has 0 aromatic heterocycles. The number of nitrogens with one attached hydrogen (secondary N) is 1. The number of halogens is 1. The van der Waals surface area contributed by atoms with Crippen molar-refractivity contribution in [2.75, 3.05) is 18.9 Å². The van der Waals surface area contributed by atoms with Gasteiger partial charge in [0.1, 0.15) is 5.75 Å². The highest BCUT2D eigenvalue weighted by Crippen LogP contribution is 2.34. The SMILES string of the molecule is Brc1ccc2c(c1)C(NCC1CCCS1)CCO2. The molecule has 1 aromatic carbocycles. The van der Waals surface area contributed by atoms with Gasteiger partial charge < -0.3 is 10.1 Å². The zero-order valence-electron chi connectivity index (χ0n) is 10.3. The number of thioether (sulfide) groups is 1. The molecule has 0 bridgehead atoms. The van der Waals surface area contributed by atoms with E-state index < -0.39 is 0 Å². The van der Waals surface area contributed by atoms with Crippen LogP contribution in [0.1, 0.15) is 30.9 Å². The third kappa shape index (κ3) is 2.86. The molecule has 18 heavy (non-hydrogen) atoms. The molecule has 1 saturated heterocycles. The minimum atomic E-state index is 0.451. The van der Waals surface area contributed by atoms with E-state index in [0.717, 1.165) is 35.0 Å². The fourth-order valence-corrected chi connectivity index (χ4v) is 4.25. The fourth-order valence-electron chi connectivity index (χ4n) is 2.66. The van der Waals surface area contributed by atoms with Gasteiger partial charge in [-0.25, -0.2) is 0 Å². The van der Waals surface area contributed by atoms with Crippen molar-refractivity contribution in [3.05, 3.63) is 28.2 Å². The smallest absolute Gasteiger partial charge is 0.124 e. The van der Waals surface area contributed by atoms with Gasteiger partial charge in [0.25, 0.3) is 0 Å². The van der Waals surface area contributed by atoms with E-state index in [0.29, 0.717) is 6.04 Å². The Morgan fingerprint density at radius 3 is 3.17 bits per heavy atom. The van der Waals surface area contributed by atoms with Crippen LogP contribution in [0.5, 0.6) is 5.75 Å². The number of benzene rings is 1. The van der Waals surface area contributed by atoms with Gasteiger partial charge in [0.15, 0.2) is 0 Å². The van der Waals surface area contributed by atoms with E-state index in [1.807, 2.05) is 6.07 Å². The molecule has 98 valence electrons. The molecule has 0 aliphatic carbocycles. The Kier molecular flexibility index (Phi) is 4.16. The quantitative estimate of drug-likeness (QED) is 0.913. The molecule has 0 amide bonds. The van der Waals surface area contributed by atoms with E-state index in [4.69, 9.17) is 4.74 Å². The molecule has 2 atom stereocenters. The Bertz CT molecular complexity index is 420. The van der Waals surface area contributed by atoms with E-state index >= 15 is 0 Å². The first-order valence-corrected chi connectivity index (χ1v) is 8.44. The van der Waals surface area contributed by atoms with Crippen molar-refractivity contribution in [1.82, 2.24) is 5.32 Å². The molecule has 2 aliphatic heterocycles. The standard InChI is InChI=1S/C14H18BrNOS/c15-10-3-4-14-12(8-10)13(5-6-17-14)16-9-11-2-1-7-18-11/h3-4,8,11,13,16H,1-2,5-7,9H2. The summed E-state index contributed by atoms with van der Waals surface area (Å²) in [6, 6.07) is 6.76. The molecule has 3 rings (SSSR count). The second-order valence-electron chi connectivity index (χ2n) is 4.92. The molecule has 4 heteroatoms. The molecule has 2 heterocycles. The van der Waals surface area contributed by atoms with Gasteiger partial charge in [0.2, 0.25) is 0 Å². The highest BCUT2D eigenvalue weighted by molar-refractivity contribution is 9.10. The van der Waals surface area contributed by atoms with Crippen molar-refractivity contribution in [2.45, 2.75) is 30.6 Å². The van der Waals surface area contributed by atoms with Crippen LogP contribution >= 0.6 is 27.7 Å². The highest BCUT2D eigenvalue weighted by Gasteiger charge is 2.23. The minimum Gasteiger partial charge on any atom is -0.493 e. The van der Waals surface area contributed by atoms with Crippen molar-refractivity contribution < 1.29 is 4.74 Å². The Hall–Kier alpha value is -0.190. The van der Waals surface area contributed by atoms with Gasteiger partial charge in [-0.1, -0.05) is 15.9 Å². The Morgan fingerprint density at radius 2 is 2.33 bits per heavy atom. The van der Waals surface area contributed by atoms with Crippen LogP contribution in [0.15, 0.2) is 22.7 Å². The summed E-state index contributed by atoms with van der Waals surface area (Å²) in [4.78, 5) is 0. The maximum atomic E-state index is 5.71. The highest BCUT2D eigenvalue weighted by atomic mass is 79.9. The van der Waals surface area contributed by atoms with Crippen molar-refractivity contribution in [2.24, 2.45) is 0 Å². The summed E-state index contributed by atoms with van der Waals surface area (Å²) >= 11 is 5.66. The van der Waals surface area contributed by atoms with Crippen LogP contribution < -0.4 is 10.1 Å². The number of fused-ring (bicyclic) bond motifs is 1. The molecule has 2 aliphatic rings. The Balaban J connectivity index is 1.68. The average molecular weight is 328 g/mol. The summed E-state index contributed by atoms with van der Waals surface area (Å²) in [5.74, 6) is 2.38. The van der Waals surface area contributed by atoms with Crippen molar-refractivity contribution >= 4 is 27.7 Å². The molecule has 0 radical (unpaired) electrons. The topological polar surface area (TPSA) is 21.3 Å². The first-order valence-electron chi connectivity index (χ1n) is 6.60. The average Bonchev–Trinajstić information content (AvgIpc) is 2.89. The van der Waals surface area contributed by atoms with Gasteiger partial charge in [-0.15, -0.1) is 0 Å². The predicted octanol–water partition coefficient (Wildman–Crippen LogP) is 3.76. The normalized spacial score (nSPS) is 26.7. The second kappa shape index (κ2) is 5.85. The van der Waals surface area contributed by atoms with Crippen LogP contribution in [0, 0.1) is 0 Å². The van der Waals surface area contributed by atoms with Crippen LogP contribution in [0.25, 0.3) is 0 Å². The molecular weight excluding hydrogens is 310 g/mol. The van der Waals surface area contributed by atoms with E-state index in [9.17, 15) is 0 Å². The molecular formula is C14H18BrNOS. The van der Waals surface area contributed by atoms with Crippen molar-refractivity contribution in [1.29, 1.82) is 0 Å². The molecule has 0 spiro atoms. The van der Waals surface area contributed by atoms with Gasteiger partial charge in [-0.3, -0.25) is 0 Å². The van der Waals surface area contributed by atoms with Crippen molar-refractivity contribution in [3.8, 4) is 5.75 Å². The lowest BCUT2D eigenvalue weighted by molar-refractivity contribution is 0.253. The Morgan fingerprint density at radius 1 is 1.39 bits per heavy atom. The summed E-state index contributed by atoms with van der Waals surface area (Å²) in [5, 5.41) is 4.53.